The molecule has 0 spiro atoms. The molecule has 15 heavy (non-hydrogen) atoms. The topological polar surface area (TPSA) is 33.0 Å². The minimum atomic E-state index is -0.452. The van der Waals surface area contributed by atoms with Crippen LogP contribution in [0.4, 0.5) is 4.39 Å². The number of nitriles is 1. The molecule has 0 N–H and O–H groups in total. The molecular weight excluding hydrogens is 193 g/mol. The zero-order chi connectivity index (χ0) is 11.3. The van der Waals surface area contributed by atoms with E-state index >= 15 is 0 Å². The first kappa shape index (κ1) is 11.3. The zero-order valence-electron chi connectivity index (χ0n) is 8.75. The highest BCUT2D eigenvalue weighted by atomic mass is 19.1. The summed E-state index contributed by atoms with van der Waals surface area (Å²) in [5.41, 5.74) is 1.07. The molecule has 0 amide bonds. The van der Waals surface area contributed by atoms with E-state index in [2.05, 4.69) is 0 Å². The van der Waals surface area contributed by atoms with Crippen LogP contribution in [0.2, 0.25) is 0 Å². The van der Waals surface area contributed by atoms with Crippen molar-refractivity contribution in [3.63, 3.8) is 0 Å². The molecule has 1 aromatic carbocycles. The van der Waals surface area contributed by atoms with Gasteiger partial charge in [-0.2, -0.15) is 5.26 Å². The number of rotatable bonds is 3. The van der Waals surface area contributed by atoms with Gasteiger partial charge in [-0.25, -0.2) is 4.39 Å². The van der Waals surface area contributed by atoms with Crippen LogP contribution in [0.25, 0.3) is 5.57 Å². The van der Waals surface area contributed by atoms with E-state index in [0.717, 1.165) is 6.42 Å². The Labute approximate surface area is 88.6 Å². The molecule has 0 aromatic heterocycles. The van der Waals surface area contributed by atoms with Crippen LogP contribution in [0.5, 0.6) is 5.75 Å². The van der Waals surface area contributed by atoms with E-state index in [1.807, 2.05) is 13.0 Å². The van der Waals surface area contributed by atoms with Crippen molar-refractivity contribution in [1.29, 1.82) is 5.26 Å². The Morgan fingerprint density at radius 1 is 1.60 bits per heavy atom. The predicted molar refractivity (Wildman–Crippen MR) is 56.8 cm³/mol. The van der Waals surface area contributed by atoms with Crippen LogP contribution in [0.1, 0.15) is 18.9 Å². The SMILES string of the molecule is CC/C=C(\C#N)c1ccc(OC)c(F)c1. The van der Waals surface area contributed by atoms with Gasteiger partial charge < -0.3 is 4.74 Å². The van der Waals surface area contributed by atoms with Crippen LogP contribution in [-0.4, -0.2) is 7.11 Å². The van der Waals surface area contributed by atoms with Crippen LogP contribution in [0.15, 0.2) is 24.3 Å². The molecule has 0 bridgehead atoms. The lowest BCUT2D eigenvalue weighted by Gasteiger charge is -2.03. The van der Waals surface area contributed by atoms with E-state index in [1.54, 1.807) is 12.1 Å². The summed E-state index contributed by atoms with van der Waals surface area (Å²) in [6, 6.07) is 6.54. The average Bonchev–Trinajstić information content (AvgIpc) is 2.25. The third-order valence-corrected chi connectivity index (χ3v) is 1.99. The summed E-state index contributed by atoms with van der Waals surface area (Å²) >= 11 is 0. The first-order valence-electron chi connectivity index (χ1n) is 4.67. The number of nitrogens with zero attached hydrogens (tertiary/aromatic N) is 1. The molecule has 0 unspecified atom stereocenters. The summed E-state index contributed by atoms with van der Waals surface area (Å²) in [7, 11) is 1.41. The third-order valence-electron chi connectivity index (χ3n) is 1.99. The molecule has 1 aromatic rings. The number of benzene rings is 1. The van der Waals surface area contributed by atoms with Gasteiger partial charge in [-0.3, -0.25) is 0 Å². The van der Waals surface area contributed by atoms with Crippen molar-refractivity contribution in [3.05, 3.63) is 35.7 Å². The van der Waals surface area contributed by atoms with Crippen molar-refractivity contribution in [3.8, 4) is 11.8 Å². The summed E-state index contributed by atoms with van der Waals surface area (Å²) in [5, 5.41) is 8.86. The number of ether oxygens (including phenoxy) is 1. The number of halogens is 1. The lowest BCUT2D eigenvalue weighted by atomic mass is 10.1. The fourth-order valence-electron chi connectivity index (χ4n) is 1.27. The average molecular weight is 205 g/mol. The second-order valence-electron chi connectivity index (χ2n) is 2.99. The zero-order valence-corrected chi connectivity index (χ0v) is 8.75. The smallest absolute Gasteiger partial charge is 0.165 e. The van der Waals surface area contributed by atoms with E-state index < -0.39 is 5.82 Å². The summed E-state index contributed by atoms with van der Waals surface area (Å²) in [4.78, 5) is 0. The van der Waals surface area contributed by atoms with Gasteiger partial charge in [0.1, 0.15) is 0 Å². The molecule has 2 nitrogen and oxygen atoms in total. The monoisotopic (exact) mass is 205 g/mol. The van der Waals surface area contributed by atoms with E-state index in [-0.39, 0.29) is 5.75 Å². The molecule has 0 heterocycles. The predicted octanol–water partition coefficient (Wildman–Crippen LogP) is 3.15. The van der Waals surface area contributed by atoms with Crippen LogP contribution < -0.4 is 4.74 Å². The van der Waals surface area contributed by atoms with Crippen molar-refractivity contribution >= 4 is 5.57 Å². The first-order valence-corrected chi connectivity index (χ1v) is 4.67. The number of hydrogen-bond acceptors (Lipinski definition) is 2. The summed E-state index contributed by atoms with van der Waals surface area (Å²) in [6.45, 7) is 1.93. The molecule has 0 aliphatic heterocycles. The van der Waals surface area contributed by atoms with E-state index in [4.69, 9.17) is 10.00 Å². The van der Waals surface area contributed by atoms with Crippen molar-refractivity contribution in [2.45, 2.75) is 13.3 Å². The fourth-order valence-corrected chi connectivity index (χ4v) is 1.27. The van der Waals surface area contributed by atoms with Crippen LogP contribution in [-0.2, 0) is 0 Å². The molecule has 0 aliphatic rings. The second-order valence-corrected chi connectivity index (χ2v) is 2.99. The normalized spacial score (nSPS) is 10.9. The molecule has 0 atom stereocenters. The van der Waals surface area contributed by atoms with Gasteiger partial charge >= 0.3 is 0 Å². The highest BCUT2D eigenvalue weighted by Gasteiger charge is 2.06. The Morgan fingerprint density at radius 2 is 2.33 bits per heavy atom. The fraction of sp³-hybridized carbons (Fsp3) is 0.250. The van der Waals surface area contributed by atoms with Crippen molar-refractivity contribution < 1.29 is 9.13 Å². The van der Waals surface area contributed by atoms with Crippen LogP contribution in [0.3, 0.4) is 0 Å². The largest absolute Gasteiger partial charge is 0.494 e. The van der Waals surface area contributed by atoms with Crippen molar-refractivity contribution in [2.75, 3.05) is 7.11 Å². The van der Waals surface area contributed by atoms with Gasteiger partial charge in [0, 0.05) is 0 Å². The second kappa shape index (κ2) is 5.16. The summed E-state index contributed by atoms with van der Waals surface area (Å²) in [6.07, 6.45) is 2.51. The molecule has 3 heteroatoms. The highest BCUT2D eigenvalue weighted by Crippen LogP contribution is 2.22. The molecule has 0 fully saturated rings. The minimum absolute atomic E-state index is 0.188. The minimum Gasteiger partial charge on any atom is -0.494 e. The Balaban J connectivity index is 3.12. The van der Waals surface area contributed by atoms with Gasteiger partial charge in [0.05, 0.1) is 18.8 Å². The Morgan fingerprint density at radius 3 is 2.80 bits per heavy atom. The lowest BCUT2D eigenvalue weighted by molar-refractivity contribution is 0.386. The van der Waals surface area contributed by atoms with Gasteiger partial charge in [-0.15, -0.1) is 0 Å². The van der Waals surface area contributed by atoms with Gasteiger partial charge in [0.15, 0.2) is 11.6 Å². The molecule has 0 radical (unpaired) electrons. The first-order chi connectivity index (χ1) is 7.22. The molecule has 1 rings (SSSR count). The quantitative estimate of drug-likeness (QED) is 0.710. The maximum atomic E-state index is 13.3. The maximum absolute atomic E-state index is 13.3. The third kappa shape index (κ3) is 2.57. The summed E-state index contributed by atoms with van der Waals surface area (Å²) < 4.78 is 18.1. The van der Waals surface area contributed by atoms with E-state index in [9.17, 15) is 4.39 Å². The Kier molecular flexibility index (Phi) is 3.87. The van der Waals surface area contributed by atoms with Crippen molar-refractivity contribution in [2.24, 2.45) is 0 Å². The van der Waals surface area contributed by atoms with E-state index in [0.29, 0.717) is 11.1 Å². The van der Waals surface area contributed by atoms with Crippen molar-refractivity contribution in [1.82, 2.24) is 0 Å². The van der Waals surface area contributed by atoms with Gasteiger partial charge in [-0.1, -0.05) is 13.0 Å². The molecular formula is C12H12FNO. The Hall–Kier alpha value is -1.82. The molecule has 0 saturated carbocycles. The number of methoxy groups -OCH3 is 1. The molecule has 0 aliphatic carbocycles. The number of hydrogen-bond donors (Lipinski definition) is 0. The van der Waals surface area contributed by atoms with Crippen LogP contribution in [0, 0.1) is 17.1 Å². The highest BCUT2D eigenvalue weighted by molar-refractivity contribution is 5.76. The standard InChI is InChI=1S/C12H12FNO/c1-3-4-10(8-14)9-5-6-12(15-2)11(13)7-9/h4-7H,3H2,1-2H3/b10-4+. The number of allylic oxidation sites excluding steroid dienone is 2. The van der Waals surface area contributed by atoms with E-state index in [1.165, 1.54) is 19.2 Å². The summed E-state index contributed by atoms with van der Waals surface area (Å²) in [5.74, 6) is -0.264. The maximum Gasteiger partial charge on any atom is 0.165 e. The van der Waals surface area contributed by atoms with Gasteiger partial charge in [0.2, 0.25) is 0 Å². The van der Waals surface area contributed by atoms with Crippen LogP contribution >= 0.6 is 0 Å². The van der Waals surface area contributed by atoms with Gasteiger partial charge in [0.25, 0.3) is 0 Å². The molecule has 0 saturated heterocycles. The Bertz CT molecular complexity index is 418. The van der Waals surface area contributed by atoms with Gasteiger partial charge in [-0.05, 0) is 30.2 Å². The lowest BCUT2D eigenvalue weighted by Crippen LogP contribution is -1.90. The molecule has 78 valence electrons.